The van der Waals surface area contributed by atoms with Crippen LogP contribution in [-0.4, -0.2) is 33.4 Å². The fraction of sp³-hybridized carbons (Fsp3) is 0.692. The molecule has 18 heavy (non-hydrogen) atoms. The van der Waals surface area contributed by atoms with E-state index < -0.39 is 0 Å². The summed E-state index contributed by atoms with van der Waals surface area (Å²) in [6.07, 6.45) is 0.354. The molecule has 1 rings (SSSR count). The zero-order valence-corrected chi connectivity index (χ0v) is 11.6. The molecule has 1 amide bonds. The molecule has 0 aliphatic rings. The smallest absolute Gasteiger partial charge is 0.269 e. The Morgan fingerprint density at radius 3 is 2.78 bits per heavy atom. The van der Waals surface area contributed by atoms with Crippen LogP contribution in [0.4, 0.5) is 0 Å². The number of hydrogen-bond donors (Lipinski definition) is 2. The van der Waals surface area contributed by atoms with E-state index in [2.05, 4.69) is 10.4 Å². The second-order valence-electron chi connectivity index (χ2n) is 4.89. The van der Waals surface area contributed by atoms with Gasteiger partial charge in [-0.2, -0.15) is 5.10 Å². The average molecular weight is 253 g/mol. The number of aliphatic hydroxyl groups is 1. The third kappa shape index (κ3) is 4.14. The van der Waals surface area contributed by atoms with Gasteiger partial charge in [0.05, 0.1) is 11.8 Å². The van der Waals surface area contributed by atoms with Crippen molar-refractivity contribution in [1.82, 2.24) is 15.1 Å². The number of carbonyl (C=O) groups is 1. The van der Waals surface area contributed by atoms with Crippen LogP contribution in [0.15, 0.2) is 6.07 Å². The van der Waals surface area contributed by atoms with Gasteiger partial charge in [-0.1, -0.05) is 6.92 Å². The molecule has 5 nitrogen and oxygen atoms in total. The summed E-state index contributed by atoms with van der Waals surface area (Å²) in [7, 11) is 0. The Bertz CT molecular complexity index is 399. The van der Waals surface area contributed by atoms with Crippen LogP contribution in [0.1, 0.15) is 43.4 Å². The maximum Gasteiger partial charge on any atom is 0.269 e. The van der Waals surface area contributed by atoms with Crippen molar-refractivity contribution in [2.24, 2.45) is 5.92 Å². The number of hydrogen-bond acceptors (Lipinski definition) is 3. The predicted octanol–water partition coefficient (Wildman–Crippen LogP) is 1.35. The fourth-order valence-corrected chi connectivity index (χ4v) is 1.99. The highest BCUT2D eigenvalue weighted by molar-refractivity contribution is 5.92. The van der Waals surface area contributed by atoms with Gasteiger partial charge in [-0.05, 0) is 39.2 Å². The lowest BCUT2D eigenvalue weighted by atomic mass is 10.0. The molecule has 0 saturated carbocycles. The molecule has 0 saturated heterocycles. The van der Waals surface area contributed by atoms with Crippen LogP contribution < -0.4 is 5.32 Å². The zero-order valence-electron chi connectivity index (χ0n) is 11.6. The van der Waals surface area contributed by atoms with Crippen molar-refractivity contribution in [1.29, 1.82) is 0 Å². The highest BCUT2D eigenvalue weighted by Gasteiger charge is 2.14. The van der Waals surface area contributed by atoms with Gasteiger partial charge in [0.2, 0.25) is 0 Å². The number of nitrogens with zero attached hydrogens (tertiary/aromatic N) is 2. The summed E-state index contributed by atoms with van der Waals surface area (Å²) >= 11 is 0. The number of carbonyl (C=O) groups excluding carboxylic acids is 1. The molecule has 1 heterocycles. The number of amides is 1. The topological polar surface area (TPSA) is 67.2 Å². The van der Waals surface area contributed by atoms with E-state index in [-0.39, 0.29) is 17.9 Å². The Balaban J connectivity index is 2.54. The average Bonchev–Trinajstić information content (AvgIpc) is 2.66. The first-order valence-corrected chi connectivity index (χ1v) is 6.44. The highest BCUT2D eigenvalue weighted by atomic mass is 16.3. The van der Waals surface area contributed by atoms with E-state index in [0.717, 1.165) is 5.69 Å². The third-order valence-electron chi connectivity index (χ3n) is 2.79. The van der Waals surface area contributed by atoms with Crippen molar-refractivity contribution in [2.45, 2.75) is 46.8 Å². The summed E-state index contributed by atoms with van der Waals surface area (Å²) in [5.74, 6) is 0.155. The lowest BCUT2D eigenvalue weighted by Gasteiger charge is -2.14. The molecule has 0 aromatic carbocycles. The van der Waals surface area contributed by atoms with E-state index in [4.69, 9.17) is 0 Å². The fourth-order valence-electron chi connectivity index (χ4n) is 1.99. The van der Waals surface area contributed by atoms with Crippen LogP contribution in [0.25, 0.3) is 0 Å². The highest BCUT2D eigenvalue weighted by Crippen LogP contribution is 2.06. The second-order valence-corrected chi connectivity index (χ2v) is 4.89. The van der Waals surface area contributed by atoms with Crippen LogP contribution in [0.5, 0.6) is 0 Å². The molecule has 0 aliphatic heterocycles. The van der Waals surface area contributed by atoms with Gasteiger partial charge >= 0.3 is 0 Å². The van der Waals surface area contributed by atoms with Gasteiger partial charge in [0.15, 0.2) is 0 Å². The number of rotatable bonds is 6. The SMILES string of the molecule is CCn1nc(C)cc1C(=O)NCC(C)CC(C)O. The molecular formula is C13H23N3O2. The number of aromatic nitrogens is 2. The van der Waals surface area contributed by atoms with E-state index in [0.29, 0.717) is 25.2 Å². The van der Waals surface area contributed by atoms with Gasteiger partial charge in [0.1, 0.15) is 5.69 Å². The van der Waals surface area contributed by atoms with Crippen LogP contribution in [0, 0.1) is 12.8 Å². The van der Waals surface area contributed by atoms with Crippen LogP contribution in [0.2, 0.25) is 0 Å². The molecule has 0 radical (unpaired) electrons. The Hall–Kier alpha value is -1.36. The second kappa shape index (κ2) is 6.54. The summed E-state index contributed by atoms with van der Waals surface area (Å²) in [5, 5.41) is 16.4. The Kier molecular flexibility index (Phi) is 5.34. The number of nitrogens with one attached hydrogen (secondary N) is 1. The maximum atomic E-state index is 12.0. The maximum absolute atomic E-state index is 12.0. The van der Waals surface area contributed by atoms with Crippen molar-refractivity contribution in [3.8, 4) is 0 Å². The first-order chi connectivity index (χ1) is 8.43. The molecule has 2 N–H and O–H groups in total. The molecule has 0 bridgehead atoms. The van der Waals surface area contributed by atoms with E-state index in [1.54, 1.807) is 17.7 Å². The molecule has 0 fully saturated rings. The molecule has 0 aliphatic carbocycles. The van der Waals surface area contributed by atoms with Gasteiger partial charge < -0.3 is 10.4 Å². The van der Waals surface area contributed by atoms with E-state index in [1.807, 2.05) is 20.8 Å². The zero-order chi connectivity index (χ0) is 13.7. The van der Waals surface area contributed by atoms with Crippen molar-refractivity contribution in [2.75, 3.05) is 6.54 Å². The van der Waals surface area contributed by atoms with Crippen molar-refractivity contribution in [3.63, 3.8) is 0 Å². The predicted molar refractivity (Wildman–Crippen MR) is 70.4 cm³/mol. The standard InChI is InChI=1S/C13H23N3O2/c1-5-16-12(7-10(3)15-16)13(18)14-8-9(2)6-11(4)17/h7,9,11,17H,5-6,8H2,1-4H3,(H,14,18). The minimum atomic E-state index is -0.333. The van der Waals surface area contributed by atoms with Gasteiger partial charge in [0.25, 0.3) is 5.91 Å². The summed E-state index contributed by atoms with van der Waals surface area (Å²) in [5.41, 5.74) is 1.44. The third-order valence-corrected chi connectivity index (χ3v) is 2.79. The molecule has 102 valence electrons. The number of aryl methyl sites for hydroxylation is 2. The summed E-state index contributed by atoms with van der Waals surface area (Å²) in [4.78, 5) is 12.0. The Morgan fingerprint density at radius 1 is 1.56 bits per heavy atom. The quantitative estimate of drug-likeness (QED) is 0.804. The van der Waals surface area contributed by atoms with Crippen LogP contribution in [0.3, 0.4) is 0 Å². The van der Waals surface area contributed by atoms with Crippen LogP contribution >= 0.6 is 0 Å². The molecule has 0 spiro atoms. The lowest BCUT2D eigenvalue weighted by Crippen LogP contribution is -2.31. The normalized spacial score (nSPS) is 14.3. The Labute approximate surface area is 108 Å². The van der Waals surface area contributed by atoms with Crippen LogP contribution in [-0.2, 0) is 6.54 Å². The molecule has 1 aromatic heterocycles. The minimum absolute atomic E-state index is 0.102. The molecule has 2 atom stereocenters. The minimum Gasteiger partial charge on any atom is -0.393 e. The largest absolute Gasteiger partial charge is 0.393 e. The summed E-state index contributed by atoms with van der Waals surface area (Å²) in [6.45, 7) is 8.85. The molecular weight excluding hydrogens is 230 g/mol. The Morgan fingerprint density at radius 2 is 2.22 bits per heavy atom. The lowest BCUT2D eigenvalue weighted by molar-refractivity contribution is 0.0928. The van der Waals surface area contributed by atoms with Crippen molar-refractivity contribution < 1.29 is 9.90 Å². The summed E-state index contributed by atoms with van der Waals surface area (Å²) < 4.78 is 1.70. The van der Waals surface area contributed by atoms with Gasteiger partial charge in [-0.15, -0.1) is 0 Å². The number of aliphatic hydroxyl groups excluding tert-OH is 1. The molecule has 1 aromatic rings. The molecule has 5 heteroatoms. The van der Waals surface area contributed by atoms with E-state index in [9.17, 15) is 9.90 Å². The molecule has 2 unspecified atom stereocenters. The van der Waals surface area contributed by atoms with Crippen molar-refractivity contribution in [3.05, 3.63) is 17.5 Å². The first-order valence-electron chi connectivity index (χ1n) is 6.44. The van der Waals surface area contributed by atoms with E-state index >= 15 is 0 Å². The first kappa shape index (κ1) is 14.7. The van der Waals surface area contributed by atoms with Crippen molar-refractivity contribution >= 4 is 5.91 Å². The van der Waals surface area contributed by atoms with Gasteiger partial charge in [-0.3, -0.25) is 9.48 Å². The summed E-state index contributed by atoms with van der Waals surface area (Å²) in [6, 6.07) is 1.79. The van der Waals surface area contributed by atoms with E-state index in [1.165, 1.54) is 0 Å². The van der Waals surface area contributed by atoms with Gasteiger partial charge in [-0.25, -0.2) is 0 Å². The van der Waals surface area contributed by atoms with Gasteiger partial charge in [0, 0.05) is 13.1 Å². The monoisotopic (exact) mass is 253 g/mol.